The Morgan fingerprint density at radius 2 is 2.00 bits per heavy atom. The molecule has 1 rings (SSSR count). The van der Waals surface area contributed by atoms with Crippen LogP contribution in [0.3, 0.4) is 0 Å². The second kappa shape index (κ2) is 4.86. The molecule has 85 valence electrons. The number of amides is 1. The zero-order valence-corrected chi connectivity index (χ0v) is 8.95. The van der Waals surface area contributed by atoms with Gasteiger partial charge in [0.05, 0.1) is 11.4 Å². The molecule has 16 heavy (non-hydrogen) atoms. The van der Waals surface area contributed by atoms with Crippen molar-refractivity contribution in [3.05, 3.63) is 29.8 Å². The lowest BCUT2D eigenvalue weighted by Crippen LogP contribution is -2.35. The average Bonchev–Trinajstić information content (AvgIpc) is 2.28. The molecule has 0 aliphatic carbocycles. The Hall–Kier alpha value is -1.73. The highest BCUT2D eigenvalue weighted by Crippen LogP contribution is 2.12. The number of hydrogen-bond donors (Lipinski definition) is 2. The fourth-order valence-electron chi connectivity index (χ4n) is 1.03. The lowest BCUT2D eigenvalue weighted by atomic mass is 10.2. The molecular formula is C9H9N2O4S. The summed E-state index contributed by atoms with van der Waals surface area (Å²) in [6.45, 7) is -0.452. The molecule has 0 unspecified atom stereocenters. The predicted octanol–water partition coefficient (Wildman–Crippen LogP) is -1.09. The number of nitrogens with one attached hydrogen (secondary N) is 1. The first kappa shape index (κ1) is 12.3. The van der Waals surface area contributed by atoms with Gasteiger partial charge in [0.15, 0.2) is 0 Å². The van der Waals surface area contributed by atoms with Gasteiger partial charge in [-0.25, -0.2) is 13.1 Å². The zero-order valence-electron chi connectivity index (χ0n) is 8.14. The quantitative estimate of drug-likeness (QED) is 0.696. The minimum Gasteiger partial charge on any atom is -0.322 e. The van der Waals surface area contributed by atoms with Gasteiger partial charge in [0, 0.05) is 5.56 Å². The molecule has 6 nitrogen and oxygen atoms in total. The summed E-state index contributed by atoms with van der Waals surface area (Å²) in [6.07, 6.45) is 1.48. The van der Waals surface area contributed by atoms with Gasteiger partial charge in [-0.1, -0.05) is 12.1 Å². The van der Waals surface area contributed by atoms with Gasteiger partial charge >= 0.3 is 0 Å². The lowest BCUT2D eigenvalue weighted by molar-refractivity contribution is -0.118. The van der Waals surface area contributed by atoms with E-state index >= 15 is 0 Å². The highest BCUT2D eigenvalue weighted by Gasteiger charge is 2.20. The molecule has 0 aliphatic heterocycles. The molecule has 1 aromatic carbocycles. The summed E-state index contributed by atoms with van der Waals surface area (Å²) in [5.41, 5.74) is 4.83. The van der Waals surface area contributed by atoms with Crippen molar-refractivity contribution in [2.45, 2.75) is 4.90 Å². The summed E-state index contributed by atoms with van der Waals surface area (Å²) >= 11 is 0. The largest absolute Gasteiger partial charge is 0.322 e. The van der Waals surface area contributed by atoms with E-state index in [-0.39, 0.29) is 10.5 Å². The van der Waals surface area contributed by atoms with Crippen LogP contribution in [0.2, 0.25) is 0 Å². The molecule has 7 heteroatoms. The SMILES string of the molecule is NCC(=O)NS(=O)(=O)c1ccccc1[C]=O. The number of nitrogens with two attached hydrogens (primary N) is 1. The van der Waals surface area contributed by atoms with Crippen molar-refractivity contribution in [1.82, 2.24) is 4.72 Å². The Balaban J connectivity index is 3.17. The average molecular weight is 241 g/mol. The smallest absolute Gasteiger partial charge is 0.264 e. The first-order valence-electron chi connectivity index (χ1n) is 4.24. The van der Waals surface area contributed by atoms with E-state index in [0.29, 0.717) is 0 Å². The molecule has 0 heterocycles. The third-order valence-electron chi connectivity index (χ3n) is 1.72. The maximum absolute atomic E-state index is 11.6. The van der Waals surface area contributed by atoms with Gasteiger partial charge in [-0.15, -0.1) is 0 Å². The van der Waals surface area contributed by atoms with Gasteiger partial charge in [-0.3, -0.25) is 9.59 Å². The first-order valence-corrected chi connectivity index (χ1v) is 5.72. The molecule has 0 atom stereocenters. The monoisotopic (exact) mass is 241 g/mol. The summed E-state index contributed by atoms with van der Waals surface area (Å²) in [4.78, 5) is 21.1. The number of benzene rings is 1. The molecule has 0 aliphatic rings. The van der Waals surface area contributed by atoms with Crippen molar-refractivity contribution < 1.29 is 18.0 Å². The second-order valence-corrected chi connectivity index (χ2v) is 4.48. The number of carbonyl (C=O) groups is 1. The van der Waals surface area contributed by atoms with Crippen molar-refractivity contribution >= 4 is 22.2 Å². The van der Waals surface area contributed by atoms with E-state index in [2.05, 4.69) is 0 Å². The summed E-state index contributed by atoms with van der Waals surface area (Å²) < 4.78 is 25.0. The number of rotatable bonds is 4. The fraction of sp³-hybridized carbons (Fsp3) is 0.111. The Kier molecular flexibility index (Phi) is 3.75. The van der Waals surface area contributed by atoms with Crippen LogP contribution in [0.4, 0.5) is 0 Å². The van der Waals surface area contributed by atoms with Crippen LogP contribution >= 0.6 is 0 Å². The highest BCUT2D eigenvalue weighted by molar-refractivity contribution is 7.90. The first-order chi connectivity index (χ1) is 7.51. The summed E-state index contributed by atoms with van der Waals surface area (Å²) in [5, 5.41) is 0. The van der Waals surface area contributed by atoms with E-state index in [4.69, 9.17) is 5.73 Å². The van der Waals surface area contributed by atoms with Crippen LogP contribution in [0.1, 0.15) is 5.56 Å². The third-order valence-corrected chi connectivity index (χ3v) is 3.15. The van der Waals surface area contributed by atoms with Crippen LogP contribution in [-0.2, 0) is 19.6 Å². The summed E-state index contributed by atoms with van der Waals surface area (Å²) in [6, 6.07) is 5.41. The molecule has 1 radical (unpaired) electrons. The standard InChI is InChI=1S/C9H9N2O4S/c10-5-9(13)11-16(14,15)8-4-2-1-3-7(8)6-12/h1-4H,5,10H2,(H,11,13). The molecule has 3 N–H and O–H groups in total. The Bertz CT molecular complexity index is 510. The maximum atomic E-state index is 11.6. The van der Waals surface area contributed by atoms with E-state index in [1.165, 1.54) is 30.6 Å². The van der Waals surface area contributed by atoms with Gasteiger partial charge in [-0.2, -0.15) is 0 Å². The number of carbonyl (C=O) groups excluding carboxylic acids is 2. The van der Waals surface area contributed by atoms with E-state index in [0.717, 1.165) is 0 Å². The van der Waals surface area contributed by atoms with Crippen LogP contribution in [0, 0.1) is 0 Å². The third kappa shape index (κ3) is 2.65. The Morgan fingerprint density at radius 3 is 2.56 bits per heavy atom. The van der Waals surface area contributed by atoms with E-state index in [9.17, 15) is 18.0 Å². The van der Waals surface area contributed by atoms with Gasteiger partial charge < -0.3 is 5.73 Å². The van der Waals surface area contributed by atoms with Crippen LogP contribution in [0.15, 0.2) is 29.2 Å². The molecule has 0 bridgehead atoms. The number of hydrogen-bond acceptors (Lipinski definition) is 5. The highest BCUT2D eigenvalue weighted by atomic mass is 32.2. The van der Waals surface area contributed by atoms with Crippen molar-refractivity contribution in [3.63, 3.8) is 0 Å². The Morgan fingerprint density at radius 1 is 1.38 bits per heavy atom. The molecule has 1 amide bonds. The second-order valence-electron chi connectivity index (χ2n) is 2.83. The predicted molar refractivity (Wildman–Crippen MR) is 55.6 cm³/mol. The van der Waals surface area contributed by atoms with Crippen molar-refractivity contribution in [2.75, 3.05) is 6.54 Å². The van der Waals surface area contributed by atoms with Gasteiger partial charge in [0.1, 0.15) is 0 Å². The number of sulfonamides is 1. The van der Waals surface area contributed by atoms with Crippen LogP contribution in [0.25, 0.3) is 0 Å². The van der Waals surface area contributed by atoms with Crippen LogP contribution < -0.4 is 10.5 Å². The van der Waals surface area contributed by atoms with Crippen LogP contribution in [-0.4, -0.2) is 27.2 Å². The van der Waals surface area contributed by atoms with Crippen molar-refractivity contribution in [1.29, 1.82) is 0 Å². The van der Waals surface area contributed by atoms with Gasteiger partial charge in [-0.05, 0) is 12.1 Å². The van der Waals surface area contributed by atoms with Crippen molar-refractivity contribution in [3.8, 4) is 0 Å². The van der Waals surface area contributed by atoms with E-state index in [1.54, 1.807) is 4.72 Å². The topological polar surface area (TPSA) is 106 Å². The molecule has 0 fully saturated rings. The minimum atomic E-state index is -4.06. The fourth-order valence-corrected chi connectivity index (χ4v) is 2.18. The molecule has 0 saturated heterocycles. The van der Waals surface area contributed by atoms with E-state index in [1.807, 2.05) is 0 Å². The minimum absolute atomic E-state index is 0.139. The van der Waals surface area contributed by atoms with Crippen LogP contribution in [0.5, 0.6) is 0 Å². The maximum Gasteiger partial charge on any atom is 0.264 e. The summed E-state index contributed by atoms with van der Waals surface area (Å²) in [5.74, 6) is -0.847. The Labute approximate surface area is 92.5 Å². The normalized spacial score (nSPS) is 10.8. The van der Waals surface area contributed by atoms with Crippen molar-refractivity contribution in [2.24, 2.45) is 5.73 Å². The van der Waals surface area contributed by atoms with E-state index < -0.39 is 22.5 Å². The summed E-state index contributed by atoms with van der Waals surface area (Å²) in [7, 11) is -4.06. The molecular weight excluding hydrogens is 232 g/mol. The van der Waals surface area contributed by atoms with Gasteiger partial charge in [0.2, 0.25) is 12.2 Å². The van der Waals surface area contributed by atoms with Gasteiger partial charge in [0.25, 0.3) is 10.0 Å². The lowest BCUT2D eigenvalue weighted by Gasteiger charge is -2.06. The zero-order chi connectivity index (χ0) is 12.2. The molecule has 1 aromatic rings. The molecule has 0 saturated carbocycles. The molecule has 0 spiro atoms. The molecule has 0 aromatic heterocycles.